The number of hydrogen-bond donors (Lipinski definition) is 1. The number of halogens is 3. The van der Waals surface area contributed by atoms with Crippen LogP contribution in [0.1, 0.15) is 31.1 Å². The molecule has 1 unspecified atom stereocenters. The molecule has 0 saturated heterocycles. The predicted molar refractivity (Wildman–Crippen MR) is 62.9 cm³/mol. The van der Waals surface area contributed by atoms with Crippen molar-refractivity contribution >= 4 is 5.78 Å². The third kappa shape index (κ3) is 4.24. The molecule has 1 N–H and O–H groups in total. The van der Waals surface area contributed by atoms with Crippen molar-refractivity contribution in [3.8, 4) is 5.75 Å². The van der Waals surface area contributed by atoms with Gasteiger partial charge >= 0.3 is 6.36 Å². The molecule has 19 heavy (non-hydrogen) atoms. The number of rotatable bonds is 3. The first-order valence-electron chi connectivity index (χ1n) is 5.59. The first-order valence-corrected chi connectivity index (χ1v) is 5.59. The number of para-hydroxylation sites is 1. The molecule has 0 amide bonds. The Bertz CT molecular complexity index is 461. The minimum absolute atomic E-state index is 0.290. The van der Waals surface area contributed by atoms with Crippen LogP contribution in [0.5, 0.6) is 5.75 Å². The van der Waals surface area contributed by atoms with Crippen molar-refractivity contribution in [3.05, 3.63) is 29.8 Å². The molecule has 1 atom stereocenters. The van der Waals surface area contributed by atoms with E-state index in [9.17, 15) is 23.1 Å². The molecule has 106 valence electrons. The van der Waals surface area contributed by atoms with Gasteiger partial charge in [0.2, 0.25) is 0 Å². The summed E-state index contributed by atoms with van der Waals surface area (Å²) in [6.45, 7) is 4.84. The van der Waals surface area contributed by atoms with Gasteiger partial charge in [0.15, 0.2) is 5.78 Å². The van der Waals surface area contributed by atoms with Gasteiger partial charge in [-0.15, -0.1) is 13.2 Å². The monoisotopic (exact) mass is 276 g/mol. The second kappa shape index (κ2) is 5.21. The molecular formula is C13H15F3O3. The Labute approximate surface area is 109 Å². The molecule has 6 heteroatoms. The number of aliphatic hydroxyl groups excluding tert-OH is 1. The number of alkyl halides is 3. The van der Waals surface area contributed by atoms with Crippen LogP contribution in [0.2, 0.25) is 0 Å². The van der Waals surface area contributed by atoms with Crippen LogP contribution in [0.15, 0.2) is 24.3 Å². The molecule has 0 aliphatic carbocycles. The highest BCUT2D eigenvalue weighted by molar-refractivity contribution is 6.02. The van der Waals surface area contributed by atoms with Gasteiger partial charge in [0.05, 0.1) is 5.56 Å². The van der Waals surface area contributed by atoms with Crippen molar-refractivity contribution in [3.63, 3.8) is 0 Å². The molecule has 0 spiro atoms. The summed E-state index contributed by atoms with van der Waals surface area (Å²) < 4.78 is 40.5. The van der Waals surface area contributed by atoms with Crippen LogP contribution in [-0.2, 0) is 0 Å². The zero-order valence-corrected chi connectivity index (χ0v) is 10.8. The van der Waals surface area contributed by atoms with E-state index in [4.69, 9.17) is 0 Å². The lowest BCUT2D eigenvalue weighted by molar-refractivity contribution is -0.274. The second-order valence-electron chi connectivity index (χ2n) is 5.18. The lowest BCUT2D eigenvalue weighted by Crippen LogP contribution is -2.34. The molecule has 0 aromatic heterocycles. The Morgan fingerprint density at radius 3 is 2.21 bits per heavy atom. The van der Waals surface area contributed by atoms with Crippen molar-refractivity contribution in [2.24, 2.45) is 5.41 Å². The zero-order valence-electron chi connectivity index (χ0n) is 10.8. The van der Waals surface area contributed by atoms with Crippen LogP contribution in [0.3, 0.4) is 0 Å². The molecule has 0 heterocycles. The molecular weight excluding hydrogens is 261 g/mol. The highest BCUT2D eigenvalue weighted by Gasteiger charge is 2.35. The summed E-state index contributed by atoms with van der Waals surface area (Å²) in [6, 6.07) is 4.96. The standard InChI is InChI=1S/C13H15F3O3/c1-12(2,3)11(18)10(17)8-6-4-5-7-9(8)19-13(14,15)16/h4-7,11,18H,1-3H3. The third-order valence-corrected chi connectivity index (χ3v) is 2.45. The summed E-state index contributed by atoms with van der Waals surface area (Å²) in [4.78, 5) is 12.0. The molecule has 0 saturated carbocycles. The Morgan fingerprint density at radius 2 is 1.74 bits per heavy atom. The SMILES string of the molecule is CC(C)(C)C(O)C(=O)c1ccccc1OC(F)(F)F. The molecule has 0 aliphatic heterocycles. The van der Waals surface area contributed by atoms with Crippen molar-refractivity contribution in [2.45, 2.75) is 33.2 Å². The summed E-state index contributed by atoms with van der Waals surface area (Å²) in [5.74, 6) is -1.41. The van der Waals surface area contributed by atoms with Crippen molar-refractivity contribution in [1.82, 2.24) is 0 Å². The Hall–Kier alpha value is -1.56. The first-order chi connectivity index (χ1) is 8.52. The predicted octanol–water partition coefficient (Wildman–Crippen LogP) is 3.17. The minimum Gasteiger partial charge on any atom is -0.405 e. The highest BCUT2D eigenvalue weighted by atomic mass is 19.4. The van der Waals surface area contributed by atoms with E-state index in [0.29, 0.717) is 0 Å². The third-order valence-electron chi connectivity index (χ3n) is 2.45. The van der Waals surface area contributed by atoms with Crippen LogP contribution in [0.4, 0.5) is 13.2 Å². The lowest BCUT2D eigenvalue weighted by atomic mass is 9.84. The van der Waals surface area contributed by atoms with Crippen LogP contribution < -0.4 is 4.74 Å². The van der Waals surface area contributed by atoms with Crippen LogP contribution in [0.25, 0.3) is 0 Å². The van der Waals surface area contributed by atoms with E-state index in [2.05, 4.69) is 4.74 Å². The highest BCUT2D eigenvalue weighted by Crippen LogP contribution is 2.30. The van der Waals surface area contributed by atoms with Gasteiger partial charge in [-0.25, -0.2) is 0 Å². The fraction of sp³-hybridized carbons (Fsp3) is 0.462. The molecule has 1 rings (SSSR count). The normalized spacial score (nSPS) is 14.1. The maximum absolute atomic E-state index is 12.2. The number of Topliss-reactive ketones (excluding diaryl/α,β-unsaturated/α-hetero) is 1. The van der Waals surface area contributed by atoms with Gasteiger partial charge in [-0.1, -0.05) is 32.9 Å². The largest absolute Gasteiger partial charge is 0.573 e. The number of benzene rings is 1. The van der Waals surface area contributed by atoms with Gasteiger partial charge in [0.25, 0.3) is 0 Å². The van der Waals surface area contributed by atoms with Crippen LogP contribution >= 0.6 is 0 Å². The fourth-order valence-electron chi connectivity index (χ4n) is 1.42. The molecule has 1 aromatic rings. The summed E-state index contributed by atoms with van der Waals surface area (Å²) in [5, 5.41) is 9.84. The van der Waals surface area contributed by atoms with Gasteiger partial charge in [-0.05, 0) is 17.5 Å². The number of carbonyl (C=O) groups is 1. The first kappa shape index (κ1) is 15.5. The van der Waals surface area contributed by atoms with Crippen molar-refractivity contribution in [1.29, 1.82) is 0 Å². The lowest BCUT2D eigenvalue weighted by Gasteiger charge is -2.25. The van der Waals surface area contributed by atoms with Crippen LogP contribution in [0, 0.1) is 5.41 Å². The number of ketones is 1. The molecule has 1 aromatic carbocycles. The molecule has 0 radical (unpaired) electrons. The smallest absolute Gasteiger partial charge is 0.405 e. The average molecular weight is 276 g/mol. The van der Waals surface area contributed by atoms with E-state index in [1.165, 1.54) is 18.2 Å². The number of carbonyl (C=O) groups excluding carboxylic acids is 1. The van der Waals surface area contributed by atoms with Crippen LogP contribution in [-0.4, -0.2) is 23.4 Å². The van der Waals surface area contributed by atoms with E-state index in [1.807, 2.05) is 0 Å². The van der Waals surface area contributed by atoms with E-state index >= 15 is 0 Å². The summed E-state index contributed by atoms with van der Waals surface area (Å²) in [6.07, 6.45) is -6.30. The Kier molecular flexibility index (Phi) is 4.25. The molecule has 3 nitrogen and oxygen atoms in total. The number of ether oxygens (including phenoxy) is 1. The van der Waals surface area contributed by atoms with Gasteiger partial charge in [0, 0.05) is 0 Å². The van der Waals surface area contributed by atoms with Gasteiger partial charge < -0.3 is 9.84 Å². The van der Waals surface area contributed by atoms with E-state index < -0.39 is 29.4 Å². The maximum Gasteiger partial charge on any atom is 0.573 e. The fourth-order valence-corrected chi connectivity index (χ4v) is 1.42. The van der Waals surface area contributed by atoms with Crippen molar-refractivity contribution < 1.29 is 27.8 Å². The summed E-state index contributed by atoms with van der Waals surface area (Å²) in [7, 11) is 0. The topological polar surface area (TPSA) is 46.5 Å². The Balaban J connectivity index is 3.11. The Morgan fingerprint density at radius 1 is 1.21 bits per heavy atom. The summed E-state index contributed by atoms with van der Waals surface area (Å²) >= 11 is 0. The molecule has 0 bridgehead atoms. The van der Waals surface area contributed by atoms with Gasteiger partial charge in [-0.3, -0.25) is 4.79 Å². The van der Waals surface area contributed by atoms with E-state index in [-0.39, 0.29) is 5.56 Å². The zero-order chi connectivity index (χ0) is 14.8. The van der Waals surface area contributed by atoms with Crippen molar-refractivity contribution in [2.75, 3.05) is 0 Å². The number of hydrogen-bond acceptors (Lipinski definition) is 3. The van der Waals surface area contributed by atoms with Gasteiger partial charge in [-0.2, -0.15) is 0 Å². The minimum atomic E-state index is -4.89. The molecule has 0 aliphatic rings. The van der Waals surface area contributed by atoms with Gasteiger partial charge in [0.1, 0.15) is 11.9 Å². The summed E-state index contributed by atoms with van der Waals surface area (Å²) in [5.41, 5.74) is -1.06. The average Bonchev–Trinajstić information content (AvgIpc) is 2.24. The number of aliphatic hydroxyl groups is 1. The van der Waals surface area contributed by atoms with E-state index in [1.54, 1.807) is 20.8 Å². The second-order valence-corrected chi connectivity index (χ2v) is 5.18. The maximum atomic E-state index is 12.2. The van der Waals surface area contributed by atoms with E-state index in [0.717, 1.165) is 6.07 Å². The quantitative estimate of drug-likeness (QED) is 0.862. The molecule has 0 fully saturated rings.